The van der Waals surface area contributed by atoms with Crippen molar-refractivity contribution in [3.63, 3.8) is 0 Å². The van der Waals surface area contributed by atoms with Crippen LogP contribution in [0, 0.1) is 0 Å². The van der Waals surface area contributed by atoms with E-state index in [1.54, 1.807) is 0 Å². The van der Waals surface area contributed by atoms with Crippen molar-refractivity contribution < 1.29 is 24.4 Å². The number of nitrogens with zero attached hydrogens (tertiary/aromatic N) is 2. The van der Waals surface area contributed by atoms with Crippen LogP contribution in [0.2, 0.25) is 5.02 Å². The fraction of sp³-hybridized carbons (Fsp3) is 0.647. The lowest BCUT2D eigenvalue weighted by atomic mass is 9.79. The maximum Gasteiger partial charge on any atom is 0.494 e. The summed E-state index contributed by atoms with van der Waals surface area (Å²) < 4.78 is 102. The predicted molar refractivity (Wildman–Crippen MR) is 96.9 cm³/mol. The first kappa shape index (κ1) is 8.09. The lowest BCUT2D eigenvalue weighted by Gasteiger charge is -2.34. The Labute approximate surface area is 160 Å². The smallest absolute Gasteiger partial charge is 0.399 e. The molecular formula is C17H26BClN2O2. The van der Waals surface area contributed by atoms with Crippen molar-refractivity contribution in [3.8, 4) is 0 Å². The van der Waals surface area contributed by atoms with Gasteiger partial charge in [0.2, 0.25) is 0 Å². The van der Waals surface area contributed by atoms with E-state index >= 15 is 0 Å². The summed E-state index contributed by atoms with van der Waals surface area (Å²) in [5.74, 6) is 0. The van der Waals surface area contributed by atoms with Gasteiger partial charge in [0, 0.05) is 46.3 Å². The Hall–Kier alpha value is -0.745. The summed E-state index contributed by atoms with van der Waals surface area (Å²) in [4.78, 5) is -0.119. The molecule has 0 atom stereocenters. The molecule has 0 spiro atoms. The summed E-state index contributed by atoms with van der Waals surface area (Å²) in [6, 6.07) is 3.87. The Bertz CT molecular complexity index is 943. The van der Waals surface area contributed by atoms with Crippen molar-refractivity contribution in [2.45, 2.75) is 38.9 Å². The quantitative estimate of drug-likeness (QED) is 0.767. The molecule has 0 saturated carbocycles. The van der Waals surface area contributed by atoms with Gasteiger partial charge in [-0.15, -0.1) is 0 Å². The predicted octanol–water partition coefficient (Wildman–Crippen LogP) is 2.39. The molecule has 0 radical (unpaired) electrons. The number of halogens is 1. The summed E-state index contributed by atoms with van der Waals surface area (Å²) >= 11 is 6.25. The van der Waals surface area contributed by atoms with Crippen LogP contribution in [0.3, 0.4) is 0 Å². The number of anilines is 1. The maximum absolute atomic E-state index is 8.46. The highest BCUT2D eigenvalue weighted by Crippen LogP contribution is 2.37. The van der Waals surface area contributed by atoms with E-state index < -0.39 is 51.3 Å². The first-order chi connectivity index (χ1) is 14.9. The van der Waals surface area contributed by atoms with Gasteiger partial charge in [0.05, 0.1) is 16.7 Å². The molecule has 0 aliphatic carbocycles. The molecule has 1 aromatic rings. The standard InChI is InChI=1S/C17H26BClN2O2/c1-16(2)17(3,4)23-18(22-16)13-10-14(19)12-15(11-13)21-8-6-20(5)7-9-21/h10-12H,6-9H2,1-5H3/i5D3,6D2,7D2,8D2,9D2. The van der Waals surface area contributed by atoms with Gasteiger partial charge >= 0.3 is 7.12 Å². The molecule has 1 aromatic carbocycles. The van der Waals surface area contributed by atoms with Crippen molar-refractivity contribution in [2.75, 3.05) is 37.9 Å². The fourth-order valence-electron chi connectivity index (χ4n) is 2.23. The summed E-state index contributed by atoms with van der Waals surface area (Å²) in [6.07, 6.45) is 0. The number of piperazine rings is 1. The molecule has 2 heterocycles. The molecule has 3 rings (SSSR count). The lowest BCUT2D eigenvalue weighted by Crippen LogP contribution is -2.45. The van der Waals surface area contributed by atoms with Gasteiger partial charge < -0.3 is 19.1 Å². The van der Waals surface area contributed by atoms with Gasteiger partial charge in [-0.1, -0.05) is 11.6 Å². The van der Waals surface area contributed by atoms with Gasteiger partial charge in [0.15, 0.2) is 0 Å². The highest BCUT2D eigenvalue weighted by atomic mass is 35.5. The van der Waals surface area contributed by atoms with Crippen LogP contribution in [0.4, 0.5) is 5.69 Å². The van der Waals surface area contributed by atoms with Crippen molar-refractivity contribution >= 4 is 29.9 Å². The largest absolute Gasteiger partial charge is 0.494 e. The van der Waals surface area contributed by atoms with Gasteiger partial charge in [0.25, 0.3) is 0 Å². The van der Waals surface area contributed by atoms with Gasteiger partial charge in [-0.25, -0.2) is 0 Å². The average molecular weight is 348 g/mol. The van der Waals surface area contributed by atoms with E-state index in [9.17, 15) is 0 Å². The Morgan fingerprint density at radius 1 is 1.09 bits per heavy atom. The van der Waals surface area contributed by atoms with E-state index in [1.165, 1.54) is 12.1 Å². The third kappa shape index (κ3) is 3.38. The minimum Gasteiger partial charge on any atom is -0.399 e. The number of hydrogen-bond acceptors (Lipinski definition) is 4. The lowest BCUT2D eigenvalue weighted by molar-refractivity contribution is 0.00578. The van der Waals surface area contributed by atoms with Gasteiger partial charge in [-0.3, -0.25) is 0 Å². The van der Waals surface area contributed by atoms with Crippen LogP contribution >= 0.6 is 11.6 Å². The highest BCUT2D eigenvalue weighted by molar-refractivity contribution is 6.62. The highest BCUT2D eigenvalue weighted by Gasteiger charge is 2.51. The zero-order valence-electron chi connectivity index (χ0n) is 24.4. The molecule has 2 aliphatic heterocycles. The Balaban J connectivity index is 2.20. The molecule has 2 aliphatic rings. The van der Waals surface area contributed by atoms with E-state index in [4.69, 9.17) is 36.0 Å². The second kappa shape index (κ2) is 5.96. The number of rotatable bonds is 2. The van der Waals surface area contributed by atoms with Crippen LogP contribution < -0.4 is 10.4 Å². The summed E-state index contributed by atoms with van der Waals surface area (Å²) in [7, 11) is -0.976. The molecule has 2 saturated heterocycles. The first-order valence-electron chi connectivity index (χ1n) is 12.7. The van der Waals surface area contributed by atoms with E-state index in [2.05, 4.69) is 0 Å². The topological polar surface area (TPSA) is 24.9 Å². The zero-order valence-corrected chi connectivity index (χ0v) is 14.2. The van der Waals surface area contributed by atoms with Crippen molar-refractivity contribution in [3.05, 3.63) is 23.2 Å². The van der Waals surface area contributed by atoms with Gasteiger partial charge in [0.1, 0.15) is 0 Å². The van der Waals surface area contributed by atoms with Crippen LogP contribution in [0.5, 0.6) is 0 Å². The minimum absolute atomic E-state index is 0.00758. The Kier molecular flexibility index (Phi) is 2.10. The first-order valence-corrected chi connectivity index (χ1v) is 7.56. The van der Waals surface area contributed by atoms with E-state index in [0.717, 1.165) is 6.07 Å². The minimum atomic E-state index is -3.49. The third-order valence-corrected chi connectivity index (χ3v) is 4.45. The van der Waals surface area contributed by atoms with Gasteiger partial charge in [-0.2, -0.15) is 0 Å². The van der Waals surface area contributed by atoms with E-state index in [0.29, 0.717) is 0 Å². The Morgan fingerprint density at radius 3 is 2.26 bits per heavy atom. The molecule has 4 nitrogen and oxygen atoms in total. The van der Waals surface area contributed by atoms with Crippen LogP contribution in [0.1, 0.15) is 42.8 Å². The fourth-order valence-corrected chi connectivity index (χ4v) is 2.46. The maximum atomic E-state index is 8.46. The monoisotopic (exact) mass is 347 g/mol. The average Bonchev–Trinajstić information content (AvgIpc) is 2.78. The van der Waals surface area contributed by atoms with Crippen LogP contribution in [0.25, 0.3) is 0 Å². The van der Waals surface area contributed by atoms with Gasteiger partial charge in [-0.05, 0) is 58.3 Å². The second-order valence-electron chi connectivity index (χ2n) is 6.45. The summed E-state index contributed by atoms with van der Waals surface area (Å²) in [5.41, 5.74) is -1.51. The normalized spacial score (nSPS) is 40.7. The molecule has 0 N–H and O–H groups in total. The third-order valence-electron chi connectivity index (χ3n) is 4.24. The number of benzene rings is 1. The molecule has 0 aromatic heterocycles. The zero-order chi connectivity index (χ0) is 26.5. The SMILES string of the molecule is [2H]C([2H])([2H])N1C([2H])([2H])C([2H])([2H])N(c2cc(Cl)cc(B3OC(C)(C)C(C)(C)O3)c2)C([2H])([2H])C1([2H])[2H]. The number of likely N-dealkylation sites (N-methyl/N-ethyl adjacent to an activating group) is 1. The van der Waals surface area contributed by atoms with Crippen LogP contribution in [0.15, 0.2) is 18.2 Å². The van der Waals surface area contributed by atoms with Crippen molar-refractivity contribution in [2.24, 2.45) is 0 Å². The van der Waals surface area contributed by atoms with E-state index in [-0.39, 0.29) is 26.0 Å². The van der Waals surface area contributed by atoms with Crippen molar-refractivity contribution in [1.29, 1.82) is 0 Å². The number of hydrogen-bond donors (Lipinski definition) is 0. The molecule has 0 bridgehead atoms. The molecule has 0 unspecified atom stereocenters. The Morgan fingerprint density at radius 2 is 1.70 bits per heavy atom. The molecule has 126 valence electrons. The van der Waals surface area contributed by atoms with Crippen LogP contribution in [-0.4, -0.2) is 56.2 Å². The van der Waals surface area contributed by atoms with Crippen molar-refractivity contribution in [1.82, 2.24) is 4.90 Å². The second-order valence-corrected chi connectivity index (χ2v) is 6.89. The molecule has 23 heavy (non-hydrogen) atoms. The van der Waals surface area contributed by atoms with E-state index in [1.807, 2.05) is 27.7 Å². The molecule has 2 fully saturated rings. The molecule has 6 heteroatoms. The molecule has 0 amide bonds. The molecular weight excluding hydrogens is 310 g/mol. The summed E-state index contributed by atoms with van der Waals surface area (Å²) in [6.45, 7) is -9.91. The van der Waals surface area contributed by atoms with Crippen LogP contribution in [-0.2, 0) is 9.31 Å². The summed E-state index contributed by atoms with van der Waals surface area (Å²) in [5, 5.41) is 0.00758.